The second-order valence-electron chi connectivity index (χ2n) is 7.15. The highest BCUT2D eigenvalue weighted by molar-refractivity contribution is 4.91. The Morgan fingerprint density at radius 1 is 1.22 bits per heavy atom. The largest absolute Gasteiger partial charge is 0.396 e. The summed E-state index contributed by atoms with van der Waals surface area (Å²) in [6, 6.07) is 0. The summed E-state index contributed by atoms with van der Waals surface area (Å²) in [4.78, 5) is 2.37. The molecule has 0 aromatic carbocycles. The third-order valence-electron chi connectivity index (χ3n) is 4.98. The Morgan fingerprint density at radius 3 is 2.44 bits per heavy atom. The van der Waals surface area contributed by atoms with Crippen molar-refractivity contribution in [3.8, 4) is 0 Å². The van der Waals surface area contributed by atoms with Gasteiger partial charge in [0.15, 0.2) is 0 Å². The Morgan fingerprint density at radius 2 is 1.89 bits per heavy atom. The van der Waals surface area contributed by atoms with Gasteiger partial charge in [0.1, 0.15) is 0 Å². The van der Waals surface area contributed by atoms with Crippen LogP contribution in [-0.4, -0.2) is 47.0 Å². The standard InChI is InChI=1S/C15H29NO2/c1-13-4-7-15(12-17,8-5-13)11-16-9-3-6-14(2,18)10-16/h13,17-18H,3-12H2,1-2H3. The quantitative estimate of drug-likeness (QED) is 0.811. The molecule has 106 valence electrons. The normalized spacial score (nSPS) is 43.0. The molecule has 1 saturated heterocycles. The molecule has 1 saturated carbocycles. The highest BCUT2D eigenvalue weighted by Gasteiger charge is 2.38. The van der Waals surface area contributed by atoms with Gasteiger partial charge in [0.05, 0.1) is 5.60 Å². The third-order valence-corrected chi connectivity index (χ3v) is 4.98. The molecule has 1 heterocycles. The van der Waals surface area contributed by atoms with Crippen molar-refractivity contribution in [2.75, 3.05) is 26.2 Å². The first-order chi connectivity index (χ1) is 8.45. The molecule has 2 N–H and O–H groups in total. The van der Waals surface area contributed by atoms with Gasteiger partial charge in [-0.3, -0.25) is 4.90 Å². The summed E-state index contributed by atoms with van der Waals surface area (Å²) in [5, 5.41) is 20.0. The lowest BCUT2D eigenvalue weighted by atomic mass is 9.70. The fourth-order valence-corrected chi connectivity index (χ4v) is 3.67. The first-order valence-electron chi connectivity index (χ1n) is 7.50. The number of β-amino-alcohol motifs (C(OH)–C–C–N with tert-alkyl or cyclic N) is 1. The van der Waals surface area contributed by atoms with Gasteiger partial charge >= 0.3 is 0 Å². The second-order valence-corrected chi connectivity index (χ2v) is 7.15. The highest BCUT2D eigenvalue weighted by Crippen LogP contribution is 2.39. The van der Waals surface area contributed by atoms with E-state index in [2.05, 4.69) is 11.8 Å². The van der Waals surface area contributed by atoms with Crippen molar-refractivity contribution in [1.29, 1.82) is 0 Å². The fourth-order valence-electron chi connectivity index (χ4n) is 3.67. The van der Waals surface area contributed by atoms with Crippen LogP contribution in [0.2, 0.25) is 0 Å². The van der Waals surface area contributed by atoms with E-state index in [0.717, 1.165) is 51.2 Å². The SMILES string of the molecule is CC1CCC(CO)(CN2CCCC(C)(O)C2)CC1. The molecule has 2 fully saturated rings. The highest BCUT2D eigenvalue weighted by atomic mass is 16.3. The minimum absolute atomic E-state index is 0.0972. The number of aliphatic hydroxyl groups excluding tert-OH is 1. The predicted molar refractivity (Wildman–Crippen MR) is 73.4 cm³/mol. The molecular weight excluding hydrogens is 226 g/mol. The average molecular weight is 255 g/mol. The van der Waals surface area contributed by atoms with Crippen LogP contribution in [0.5, 0.6) is 0 Å². The van der Waals surface area contributed by atoms with E-state index < -0.39 is 5.60 Å². The van der Waals surface area contributed by atoms with Crippen LogP contribution < -0.4 is 0 Å². The Kier molecular flexibility index (Phi) is 4.35. The molecule has 1 atom stereocenters. The van der Waals surface area contributed by atoms with Gasteiger partial charge in [-0.25, -0.2) is 0 Å². The monoisotopic (exact) mass is 255 g/mol. The number of nitrogens with zero attached hydrogens (tertiary/aromatic N) is 1. The molecule has 1 unspecified atom stereocenters. The molecular formula is C15H29NO2. The minimum atomic E-state index is -0.531. The van der Waals surface area contributed by atoms with Crippen LogP contribution in [0.4, 0.5) is 0 Å². The van der Waals surface area contributed by atoms with E-state index in [-0.39, 0.29) is 5.41 Å². The van der Waals surface area contributed by atoms with Crippen molar-refractivity contribution in [2.24, 2.45) is 11.3 Å². The number of hydrogen-bond donors (Lipinski definition) is 2. The van der Waals surface area contributed by atoms with Crippen molar-refractivity contribution in [3.05, 3.63) is 0 Å². The maximum atomic E-state index is 10.2. The molecule has 2 rings (SSSR count). The zero-order valence-corrected chi connectivity index (χ0v) is 12.0. The number of likely N-dealkylation sites (tertiary alicyclic amines) is 1. The Bertz CT molecular complexity index is 270. The summed E-state index contributed by atoms with van der Waals surface area (Å²) in [6.45, 7) is 7.36. The van der Waals surface area contributed by atoms with Gasteiger partial charge < -0.3 is 10.2 Å². The lowest BCUT2D eigenvalue weighted by molar-refractivity contribution is -0.0448. The molecule has 2 aliphatic rings. The van der Waals surface area contributed by atoms with Crippen LogP contribution >= 0.6 is 0 Å². The molecule has 0 bridgehead atoms. The molecule has 0 spiro atoms. The number of aliphatic hydroxyl groups is 2. The first kappa shape index (κ1) is 14.3. The van der Waals surface area contributed by atoms with Crippen LogP contribution in [0.1, 0.15) is 52.4 Å². The van der Waals surface area contributed by atoms with E-state index >= 15 is 0 Å². The second kappa shape index (κ2) is 5.48. The smallest absolute Gasteiger partial charge is 0.0746 e. The molecule has 0 aromatic heterocycles. The summed E-state index contributed by atoms with van der Waals surface area (Å²) < 4.78 is 0. The summed E-state index contributed by atoms with van der Waals surface area (Å²) in [5.74, 6) is 0.814. The number of rotatable bonds is 3. The van der Waals surface area contributed by atoms with E-state index in [9.17, 15) is 10.2 Å². The van der Waals surface area contributed by atoms with Crippen LogP contribution in [0.3, 0.4) is 0 Å². The maximum absolute atomic E-state index is 10.2. The Balaban J connectivity index is 1.93. The van der Waals surface area contributed by atoms with Crippen molar-refractivity contribution in [3.63, 3.8) is 0 Å². The summed E-state index contributed by atoms with van der Waals surface area (Å²) in [5.41, 5.74) is -0.434. The van der Waals surface area contributed by atoms with E-state index in [1.807, 2.05) is 6.92 Å². The maximum Gasteiger partial charge on any atom is 0.0746 e. The van der Waals surface area contributed by atoms with E-state index in [1.165, 1.54) is 12.8 Å². The van der Waals surface area contributed by atoms with Gasteiger partial charge in [-0.15, -0.1) is 0 Å². The zero-order valence-electron chi connectivity index (χ0n) is 12.0. The van der Waals surface area contributed by atoms with Crippen LogP contribution in [0.25, 0.3) is 0 Å². The van der Waals surface area contributed by atoms with Crippen molar-refractivity contribution < 1.29 is 10.2 Å². The molecule has 0 aromatic rings. The number of hydrogen-bond acceptors (Lipinski definition) is 3. The molecule has 3 nitrogen and oxygen atoms in total. The molecule has 0 radical (unpaired) electrons. The van der Waals surface area contributed by atoms with Gasteiger partial charge in [0, 0.05) is 25.1 Å². The topological polar surface area (TPSA) is 43.7 Å². The van der Waals surface area contributed by atoms with Gasteiger partial charge in [-0.1, -0.05) is 19.8 Å². The lowest BCUT2D eigenvalue weighted by Gasteiger charge is -2.45. The molecule has 1 aliphatic heterocycles. The van der Waals surface area contributed by atoms with Crippen molar-refractivity contribution in [1.82, 2.24) is 4.90 Å². The van der Waals surface area contributed by atoms with Crippen LogP contribution in [-0.2, 0) is 0 Å². The summed E-state index contributed by atoms with van der Waals surface area (Å²) >= 11 is 0. The molecule has 0 amide bonds. The van der Waals surface area contributed by atoms with Gasteiger partial charge in [0.25, 0.3) is 0 Å². The van der Waals surface area contributed by atoms with Crippen LogP contribution in [0.15, 0.2) is 0 Å². The van der Waals surface area contributed by atoms with E-state index in [0.29, 0.717) is 6.61 Å². The molecule has 1 aliphatic carbocycles. The van der Waals surface area contributed by atoms with Crippen LogP contribution in [0, 0.1) is 11.3 Å². The predicted octanol–water partition coefficient (Wildman–Crippen LogP) is 2.02. The van der Waals surface area contributed by atoms with Gasteiger partial charge in [-0.2, -0.15) is 0 Å². The van der Waals surface area contributed by atoms with Gasteiger partial charge in [-0.05, 0) is 45.1 Å². The molecule has 18 heavy (non-hydrogen) atoms. The minimum Gasteiger partial charge on any atom is -0.396 e. The zero-order chi connectivity index (χ0) is 13.2. The van der Waals surface area contributed by atoms with Gasteiger partial charge in [0.2, 0.25) is 0 Å². The summed E-state index contributed by atoms with van der Waals surface area (Å²) in [7, 11) is 0. The molecule has 3 heteroatoms. The fraction of sp³-hybridized carbons (Fsp3) is 1.00. The Hall–Kier alpha value is -0.120. The number of piperidine rings is 1. The van der Waals surface area contributed by atoms with Crippen molar-refractivity contribution in [2.45, 2.75) is 58.0 Å². The summed E-state index contributed by atoms with van der Waals surface area (Å²) in [6.07, 6.45) is 6.75. The lowest BCUT2D eigenvalue weighted by Crippen LogP contribution is -2.51. The average Bonchev–Trinajstić information content (AvgIpc) is 2.31. The van der Waals surface area contributed by atoms with E-state index in [4.69, 9.17) is 0 Å². The van der Waals surface area contributed by atoms with E-state index in [1.54, 1.807) is 0 Å². The first-order valence-corrected chi connectivity index (χ1v) is 7.50. The third kappa shape index (κ3) is 3.46. The Labute approximate surface area is 111 Å². The van der Waals surface area contributed by atoms with Crippen molar-refractivity contribution >= 4 is 0 Å².